The quantitative estimate of drug-likeness (QED) is 0.558. The topological polar surface area (TPSA) is 75.7 Å². The molecule has 4 rings (SSSR count). The molecule has 166 valence electrons. The molecule has 1 N–H and O–H groups in total. The number of carbonyl (C=O) groups excluding carboxylic acids is 1. The predicted octanol–water partition coefficient (Wildman–Crippen LogP) is 4.31. The molecule has 1 atom stereocenters. The van der Waals surface area contributed by atoms with Gasteiger partial charge in [0.15, 0.2) is 6.10 Å². The highest BCUT2D eigenvalue weighted by Gasteiger charge is 2.38. The number of sulfonamides is 1. The fourth-order valence-electron chi connectivity index (χ4n) is 3.45. The minimum Gasteiger partial charge on any atom is -0.476 e. The molecular formula is C23H20Cl2N2O4S. The first-order valence-corrected chi connectivity index (χ1v) is 12.1. The van der Waals surface area contributed by atoms with Crippen LogP contribution < -0.4 is 14.4 Å². The molecule has 0 saturated carbocycles. The van der Waals surface area contributed by atoms with Gasteiger partial charge in [-0.25, -0.2) is 8.42 Å². The Morgan fingerprint density at radius 2 is 1.75 bits per heavy atom. The third-order valence-electron chi connectivity index (χ3n) is 5.04. The molecule has 9 heteroatoms. The molecule has 1 amide bonds. The zero-order valence-corrected chi connectivity index (χ0v) is 19.2. The summed E-state index contributed by atoms with van der Waals surface area (Å²) >= 11 is 12.2. The molecule has 0 radical (unpaired) electrons. The maximum atomic E-state index is 13.5. The molecule has 1 aliphatic heterocycles. The smallest absolute Gasteiger partial charge is 0.266 e. The first-order chi connectivity index (χ1) is 15.4. The van der Waals surface area contributed by atoms with Gasteiger partial charge in [0.05, 0.1) is 17.3 Å². The lowest BCUT2D eigenvalue weighted by Crippen LogP contribution is -2.51. The van der Waals surface area contributed by atoms with E-state index in [4.69, 9.17) is 27.9 Å². The Morgan fingerprint density at radius 1 is 1.03 bits per heavy atom. The molecule has 1 heterocycles. The van der Waals surface area contributed by atoms with E-state index in [1.165, 1.54) is 18.2 Å². The van der Waals surface area contributed by atoms with Crippen LogP contribution in [0.5, 0.6) is 5.75 Å². The molecule has 0 aromatic heterocycles. The Bertz CT molecular complexity index is 1240. The predicted molar refractivity (Wildman–Crippen MR) is 125 cm³/mol. The van der Waals surface area contributed by atoms with E-state index < -0.39 is 22.0 Å². The van der Waals surface area contributed by atoms with Crippen molar-refractivity contribution in [2.24, 2.45) is 0 Å². The van der Waals surface area contributed by atoms with Crippen molar-refractivity contribution in [2.75, 3.05) is 17.4 Å². The van der Waals surface area contributed by atoms with Crippen molar-refractivity contribution in [3.8, 4) is 5.75 Å². The molecule has 0 spiro atoms. The molecule has 32 heavy (non-hydrogen) atoms. The molecule has 1 aliphatic rings. The van der Waals surface area contributed by atoms with Gasteiger partial charge < -0.3 is 10.1 Å². The summed E-state index contributed by atoms with van der Waals surface area (Å²) in [7, 11) is -4.10. The number of halogens is 2. The summed E-state index contributed by atoms with van der Waals surface area (Å²) in [5.41, 5.74) is 1.42. The molecular weight excluding hydrogens is 471 g/mol. The number of amides is 1. The summed E-state index contributed by atoms with van der Waals surface area (Å²) in [5, 5.41) is 3.12. The molecule has 3 aromatic rings. The van der Waals surface area contributed by atoms with Gasteiger partial charge in [-0.2, -0.15) is 0 Å². The van der Waals surface area contributed by atoms with Crippen LogP contribution in [-0.2, 0) is 21.2 Å². The van der Waals surface area contributed by atoms with Crippen molar-refractivity contribution < 1.29 is 17.9 Å². The van der Waals surface area contributed by atoms with Crippen LogP contribution in [0, 0.1) is 0 Å². The maximum Gasteiger partial charge on any atom is 0.266 e. The van der Waals surface area contributed by atoms with Crippen molar-refractivity contribution >= 4 is 44.8 Å². The number of benzene rings is 3. The second-order valence-corrected chi connectivity index (χ2v) is 9.89. The van der Waals surface area contributed by atoms with E-state index in [1.54, 1.807) is 24.3 Å². The maximum absolute atomic E-state index is 13.5. The number of nitrogens with zero attached hydrogens (tertiary/aromatic N) is 1. The summed E-state index contributed by atoms with van der Waals surface area (Å²) in [5.74, 6) is -0.100. The highest BCUT2D eigenvalue weighted by Crippen LogP contribution is 2.38. The van der Waals surface area contributed by atoms with Crippen LogP contribution >= 0.6 is 23.2 Å². The van der Waals surface area contributed by atoms with Crippen molar-refractivity contribution in [3.05, 3.63) is 88.4 Å². The lowest BCUT2D eigenvalue weighted by Gasteiger charge is -2.34. The number of rotatable bonds is 6. The number of carbonyl (C=O) groups is 1. The zero-order chi connectivity index (χ0) is 22.7. The van der Waals surface area contributed by atoms with Gasteiger partial charge in [-0.3, -0.25) is 9.10 Å². The van der Waals surface area contributed by atoms with Gasteiger partial charge in [-0.15, -0.1) is 0 Å². The average molecular weight is 491 g/mol. The Balaban J connectivity index is 1.58. The summed E-state index contributed by atoms with van der Waals surface area (Å²) < 4.78 is 33.9. The Hall–Kier alpha value is -2.74. The fourth-order valence-corrected chi connectivity index (χ4v) is 5.66. The summed E-state index contributed by atoms with van der Waals surface area (Å²) in [6.07, 6.45) is -0.371. The SMILES string of the molecule is O=C(NCCc1ccccc1)[C@H]1CN(S(=O)(=O)c2cc(Cl)ccc2Cl)c2ccccc2O1. The fraction of sp³-hybridized carbons (Fsp3) is 0.174. The van der Waals surface area contributed by atoms with Crippen LogP contribution in [0.2, 0.25) is 10.0 Å². The van der Waals surface area contributed by atoms with Crippen molar-refractivity contribution in [2.45, 2.75) is 17.4 Å². The van der Waals surface area contributed by atoms with Crippen molar-refractivity contribution in [3.63, 3.8) is 0 Å². The van der Waals surface area contributed by atoms with Crippen LogP contribution in [0.15, 0.2) is 77.7 Å². The standard InChI is InChI=1S/C23H20Cl2N2O4S/c24-17-10-11-18(25)22(14-17)32(29,30)27-15-21(31-20-9-5-4-8-19(20)27)23(28)26-13-12-16-6-2-1-3-7-16/h1-11,14,21H,12-13,15H2,(H,26,28)/t21-/m1/s1. The summed E-state index contributed by atoms with van der Waals surface area (Å²) in [6.45, 7) is 0.205. The van der Waals surface area contributed by atoms with Gasteiger partial charge >= 0.3 is 0 Å². The van der Waals surface area contributed by atoms with Crippen LogP contribution in [-0.4, -0.2) is 33.5 Å². The van der Waals surface area contributed by atoms with E-state index in [1.807, 2.05) is 30.3 Å². The van der Waals surface area contributed by atoms with E-state index >= 15 is 0 Å². The zero-order valence-electron chi connectivity index (χ0n) is 16.9. The molecule has 0 aliphatic carbocycles. The summed E-state index contributed by atoms with van der Waals surface area (Å²) in [6, 6.07) is 20.6. The molecule has 0 bridgehead atoms. The van der Waals surface area contributed by atoms with Crippen molar-refractivity contribution in [1.29, 1.82) is 0 Å². The Labute approximate surface area is 196 Å². The highest BCUT2D eigenvalue weighted by atomic mass is 35.5. The normalized spacial score (nSPS) is 15.6. The second-order valence-electron chi connectivity index (χ2n) is 7.21. The highest BCUT2D eigenvalue weighted by molar-refractivity contribution is 7.93. The van der Waals surface area contributed by atoms with Gasteiger partial charge in [-0.1, -0.05) is 65.7 Å². The molecule has 0 saturated heterocycles. The summed E-state index contributed by atoms with van der Waals surface area (Å²) in [4.78, 5) is 12.7. The van der Waals surface area contributed by atoms with Gasteiger partial charge in [0.25, 0.3) is 15.9 Å². The van der Waals surface area contributed by atoms with Crippen LogP contribution in [0.4, 0.5) is 5.69 Å². The van der Waals surface area contributed by atoms with Gasteiger partial charge in [0.2, 0.25) is 0 Å². The lowest BCUT2D eigenvalue weighted by atomic mass is 10.1. The second kappa shape index (κ2) is 9.40. The minimum atomic E-state index is -4.10. The number of nitrogens with one attached hydrogen (secondary N) is 1. The Kier molecular flexibility index (Phi) is 6.60. The van der Waals surface area contributed by atoms with E-state index in [0.29, 0.717) is 24.4 Å². The van der Waals surface area contributed by atoms with Gasteiger partial charge in [0.1, 0.15) is 10.6 Å². The number of anilines is 1. The number of fused-ring (bicyclic) bond motifs is 1. The van der Waals surface area contributed by atoms with Crippen LogP contribution in [0.3, 0.4) is 0 Å². The molecule has 6 nitrogen and oxygen atoms in total. The van der Waals surface area contributed by atoms with E-state index in [0.717, 1.165) is 9.87 Å². The number of hydrogen-bond acceptors (Lipinski definition) is 4. The largest absolute Gasteiger partial charge is 0.476 e. The molecule has 0 fully saturated rings. The van der Waals surface area contributed by atoms with E-state index in [2.05, 4.69) is 5.32 Å². The van der Waals surface area contributed by atoms with E-state index in [-0.39, 0.29) is 21.5 Å². The average Bonchev–Trinajstić information content (AvgIpc) is 2.80. The lowest BCUT2D eigenvalue weighted by molar-refractivity contribution is -0.127. The van der Waals surface area contributed by atoms with Gasteiger partial charge in [-0.05, 0) is 42.3 Å². The van der Waals surface area contributed by atoms with E-state index in [9.17, 15) is 13.2 Å². The monoisotopic (exact) mass is 490 g/mol. The molecule has 0 unspecified atom stereocenters. The van der Waals surface area contributed by atoms with Crippen LogP contribution in [0.1, 0.15) is 5.56 Å². The minimum absolute atomic E-state index is 0.0437. The first-order valence-electron chi connectivity index (χ1n) is 9.91. The third-order valence-corrected chi connectivity index (χ3v) is 7.54. The Morgan fingerprint density at radius 3 is 2.53 bits per heavy atom. The van der Waals surface area contributed by atoms with Gasteiger partial charge in [0, 0.05) is 11.6 Å². The molecule has 3 aromatic carbocycles. The first kappa shape index (κ1) is 22.5. The van der Waals surface area contributed by atoms with Crippen molar-refractivity contribution in [1.82, 2.24) is 5.32 Å². The number of ether oxygens (including phenoxy) is 1. The number of hydrogen-bond donors (Lipinski definition) is 1. The third kappa shape index (κ3) is 4.70. The number of para-hydroxylation sites is 2. The van der Waals surface area contributed by atoms with Crippen LogP contribution in [0.25, 0.3) is 0 Å².